The van der Waals surface area contributed by atoms with E-state index in [1.807, 2.05) is 35.2 Å². The topological polar surface area (TPSA) is 78.9 Å². The molecule has 1 aromatic rings. The van der Waals surface area contributed by atoms with E-state index in [4.69, 9.17) is 4.74 Å². The molecule has 156 valence electrons. The Bertz CT molecular complexity index is 638. The minimum absolute atomic E-state index is 0.0526. The van der Waals surface area contributed by atoms with Gasteiger partial charge in [-0.2, -0.15) is 0 Å². The lowest BCUT2D eigenvalue weighted by Gasteiger charge is -2.43. The molecular formula is C22H34N2O4. The summed E-state index contributed by atoms with van der Waals surface area (Å²) < 4.78 is 5.35. The molecule has 1 atom stereocenters. The van der Waals surface area contributed by atoms with Gasteiger partial charge in [-0.1, -0.05) is 51.1 Å². The molecule has 6 nitrogen and oxygen atoms in total. The zero-order valence-electron chi connectivity index (χ0n) is 17.4. The van der Waals surface area contributed by atoms with E-state index in [1.54, 1.807) is 0 Å². The summed E-state index contributed by atoms with van der Waals surface area (Å²) in [6.45, 7) is 7.61. The second-order valence-electron chi connectivity index (χ2n) is 8.92. The zero-order valence-corrected chi connectivity index (χ0v) is 17.4. The summed E-state index contributed by atoms with van der Waals surface area (Å²) in [5, 5.41) is 12.5. The third kappa shape index (κ3) is 7.15. The van der Waals surface area contributed by atoms with Crippen LogP contribution < -0.4 is 5.32 Å². The highest BCUT2D eigenvalue weighted by molar-refractivity contribution is 5.76. The fraction of sp³-hybridized carbons (Fsp3) is 0.636. The number of carbonyl (C=O) groups is 2. The molecule has 0 radical (unpaired) electrons. The van der Waals surface area contributed by atoms with Gasteiger partial charge >= 0.3 is 6.09 Å². The Labute approximate surface area is 168 Å². The monoisotopic (exact) mass is 390 g/mol. The van der Waals surface area contributed by atoms with Crippen molar-refractivity contribution in [3.05, 3.63) is 35.9 Å². The van der Waals surface area contributed by atoms with Crippen LogP contribution in [-0.2, 0) is 16.1 Å². The molecule has 0 aromatic heterocycles. The Morgan fingerprint density at radius 1 is 1.25 bits per heavy atom. The molecule has 1 aromatic carbocycles. The van der Waals surface area contributed by atoms with Crippen LogP contribution in [0.5, 0.6) is 0 Å². The van der Waals surface area contributed by atoms with Crippen molar-refractivity contribution >= 4 is 12.0 Å². The number of aliphatic hydroxyl groups is 1. The van der Waals surface area contributed by atoms with Crippen molar-refractivity contribution in [2.75, 3.05) is 19.7 Å². The van der Waals surface area contributed by atoms with Crippen LogP contribution in [0.2, 0.25) is 0 Å². The van der Waals surface area contributed by atoms with Crippen molar-refractivity contribution < 1.29 is 19.4 Å². The van der Waals surface area contributed by atoms with Gasteiger partial charge in [0.15, 0.2) is 0 Å². The Balaban J connectivity index is 1.95. The maximum Gasteiger partial charge on any atom is 0.407 e. The molecule has 0 spiro atoms. The van der Waals surface area contributed by atoms with E-state index in [-0.39, 0.29) is 24.5 Å². The Morgan fingerprint density at radius 2 is 1.96 bits per heavy atom. The van der Waals surface area contributed by atoms with Crippen LogP contribution in [0, 0.1) is 5.41 Å². The summed E-state index contributed by atoms with van der Waals surface area (Å²) >= 11 is 0. The average Bonchev–Trinajstić information content (AvgIpc) is 2.65. The van der Waals surface area contributed by atoms with Gasteiger partial charge in [-0.15, -0.1) is 0 Å². The molecule has 1 fully saturated rings. The van der Waals surface area contributed by atoms with Crippen LogP contribution in [0.3, 0.4) is 0 Å². The first-order valence-electron chi connectivity index (χ1n) is 10.1. The number of nitrogens with zero attached hydrogens (tertiary/aromatic N) is 1. The predicted octanol–water partition coefficient (Wildman–Crippen LogP) is 3.48. The molecule has 2 N–H and O–H groups in total. The van der Waals surface area contributed by atoms with Gasteiger partial charge in [0.1, 0.15) is 6.61 Å². The van der Waals surface area contributed by atoms with E-state index in [9.17, 15) is 14.7 Å². The third-order valence-electron chi connectivity index (χ3n) is 5.19. The number of amides is 2. The van der Waals surface area contributed by atoms with Gasteiger partial charge in [0, 0.05) is 26.1 Å². The van der Waals surface area contributed by atoms with Crippen molar-refractivity contribution in [2.45, 2.75) is 65.0 Å². The highest BCUT2D eigenvalue weighted by atomic mass is 16.5. The van der Waals surface area contributed by atoms with Crippen LogP contribution >= 0.6 is 0 Å². The van der Waals surface area contributed by atoms with E-state index in [0.717, 1.165) is 24.8 Å². The first-order valence-corrected chi connectivity index (χ1v) is 10.1. The minimum atomic E-state index is -0.641. The van der Waals surface area contributed by atoms with E-state index < -0.39 is 11.6 Å². The molecular weight excluding hydrogens is 356 g/mol. The summed E-state index contributed by atoms with van der Waals surface area (Å²) in [6, 6.07) is 9.49. The molecule has 2 rings (SSSR count). The number of ether oxygens (including phenoxy) is 1. The fourth-order valence-electron chi connectivity index (χ4n) is 3.54. The number of piperidine rings is 1. The molecule has 0 aliphatic carbocycles. The van der Waals surface area contributed by atoms with Crippen LogP contribution in [-0.4, -0.2) is 47.2 Å². The van der Waals surface area contributed by atoms with E-state index in [2.05, 4.69) is 26.1 Å². The SMILES string of the molecule is CC(C)(C)CCC(=O)N1CCCC(CCO)(NC(=O)OCc2ccccc2)C1. The Kier molecular flexibility index (Phi) is 7.87. The number of benzene rings is 1. The molecule has 1 unspecified atom stereocenters. The molecule has 6 heteroatoms. The van der Waals surface area contributed by atoms with Crippen LogP contribution in [0.1, 0.15) is 58.4 Å². The fourth-order valence-corrected chi connectivity index (χ4v) is 3.54. The maximum absolute atomic E-state index is 12.7. The third-order valence-corrected chi connectivity index (χ3v) is 5.19. The van der Waals surface area contributed by atoms with Gasteiger partial charge in [0.05, 0.1) is 5.54 Å². The molecule has 1 saturated heterocycles. The molecule has 0 bridgehead atoms. The van der Waals surface area contributed by atoms with E-state index in [1.165, 1.54) is 0 Å². The van der Waals surface area contributed by atoms with Crippen molar-refractivity contribution in [2.24, 2.45) is 5.41 Å². The second kappa shape index (κ2) is 9.92. The largest absolute Gasteiger partial charge is 0.445 e. The number of likely N-dealkylation sites (tertiary alicyclic amines) is 1. The van der Waals surface area contributed by atoms with Crippen molar-refractivity contribution in [1.29, 1.82) is 0 Å². The Morgan fingerprint density at radius 3 is 2.61 bits per heavy atom. The molecule has 1 heterocycles. The maximum atomic E-state index is 12.7. The lowest BCUT2D eigenvalue weighted by molar-refractivity contribution is -0.134. The smallest absolute Gasteiger partial charge is 0.407 e. The van der Waals surface area contributed by atoms with Gasteiger partial charge in [-0.3, -0.25) is 4.79 Å². The highest BCUT2D eigenvalue weighted by Gasteiger charge is 2.38. The van der Waals surface area contributed by atoms with Crippen LogP contribution in [0.25, 0.3) is 0 Å². The zero-order chi connectivity index (χ0) is 20.6. The molecule has 0 saturated carbocycles. The lowest BCUT2D eigenvalue weighted by atomic mass is 9.85. The van der Waals surface area contributed by atoms with Gasteiger partial charge < -0.3 is 20.1 Å². The number of nitrogens with one attached hydrogen (secondary N) is 1. The highest BCUT2D eigenvalue weighted by Crippen LogP contribution is 2.27. The predicted molar refractivity (Wildman–Crippen MR) is 109 cm³/mol. The van der Waals surface area contributed by atoms with Gasteiger partial charge in [-0.25, -0.2) is 4.79 Å². The van der Waals surface area contributed by atoms with Crippen LogP contribution in [0.4, 0.5) is 4.79 Å². The number of alkyl carbamates (subject to hydrolysis) is 1. The van der Waals surface area contributed by atoms with E-state index >= 15 is 0 Å². The summed E-state index contributed by atoms with van der Waals surface area (Å²) in [4.78, 5) is 26.9. The number of carbonyl (C=O) groups excluding carboxylic acids is 2. The minimum Gasteiger partial charge on any atom is -0.445 e. The summed E-state index contributed by atoms with van der Waals surface area (Å²) in [5.74, 6) is 0.108. The summed E-state index contributed by atoms with van der Waals surface area (Å²) in [6.07, 6.45) is 2.72. The quantitative estimate of drug-likeness (QED) is 0.747. The lowest BCUT2D eigenvalue weighted by Crippen LogP contribution is -2.60. The van der Waals surface area contributed by atoms with Crippen molar-refractivity contribution in [1.82, 2.24) is 10.2 Å². The van der Waals surface area contributed by atoms with E-state index in [0.29, 0.717) is 25.9 Å². The normalized spacial score (nSPS) is 19.9. The summed E-state index contributed by atoms with van der Waals surface area (Å²) in [5.41, 5.74) is 0.377. The standard InChI is InChI=1S/C22H34N2O4/c1-21(2,3)12-10-19(26)24-14-7-11-22(17-24,13-15-25)23-20(27)28-16-18-8-5-4-6-9-18/h4-6,8-9,25H,7,10-17H2,1-3H3,(H,23,27). The first kappa shape index (κ1) is 22.2. The molecule has 28 heavy (non-hydrogen) atoms. The average molecular weight is 391 g/mol. The van der Waals surface area contributed by atoms with Gasteiger partial charge in [0.25, 0.3) is 0 Å². The van der Waals surface area contributed by atoms with Gasteiger partial charge in [0.2, 0.25) is 5.91 Å². The van der Waals surface area contributed by atoms with Crippen LogP contribution in [0.15, 0.2) is 30.3 Å². The van der Waals surface area contributed by atoms with Crippen molar-refractivity contribution in [3.8, 4) is 0 Å². The first-order chi connectivity index (χ1) is 13.2. The molecule has 1 aliphatic heterocycles. The van der Waals surface area contributed by atoms with Crippen molar-refractivity contribution in [3.63, 3.8) is 0 Å². The number of aliphatic hydroxyl groups excluding tert-OH is 1. The van der Waals surface area contributed by atoms with Gasteiger partial charge in [-0.05, 0) is 36.7 Å². The Hall–Kier alpha value is -2.08. The molecule has 1 aliphatic rings. The second-order valence-corrected chi connectivity index (χ2v) is 8.92. The molecule has 2 amide bonds. The summed E-state index contributed by atoms with van der Waals surface area (Å²) in [7, 11) is 0. The number of rotatable bonds is 7. The number of hydrogen-bond acceptors (Lipinski definition) is 4. The number of hydrogen-bond donors (Lipinski definition) is 2.